The molecule has 12 heteroatoms. The van der Waals surface area contributed by atoms with Gasteiger partial charge < -0.3 is 20.5 Å². The van der Waals surface area contributed by atoms with Gasteiger partial charge in [0, 0.05) is 22.0 Å². The molecule has 4 aromatic rings. The predicted octanol–water partition coefficient (Wildman–Crippen LogP) is 7.68. The van der Waals surface area contributed by atoms with Gasteiger partial charge in [0.15, 0.2) is 5.01 Å². The van der Waals surface area contributed by atoms with Crippen LogP contribution >= 0.6 is 34.5 Å². The van der Waals surface area contributed by atoms with Crippen LogP contribution in [0.1, 0.15) is 36.5 Å². The molecule has 0 spiro atoms. The SMILES string of the molecule is CCCCCOc1ccc(NC(=O)c2cccc(NC(=O)Nc3nnc(-c4cc(Cl)cc(Cl)c4O)s3)c2)cc1. The fraction of sp³-hybridized carbons (Fsp3) is 0.185. The molecule has 0 aliphatic carbocycles. The van der Waals surface area contributed by atoms with Crippen molar-refractivity contribution in [2.75, 3.05) is 22.6 Å². The standard InChI is InChI=1S/C27H25Cl2N5O4S/c1-2-3-4-12-38-20-10-8-18(9-11-20)30-24(36)16-6-5-7-19(13-16)31-26(37)32-27-34-33-25(39-27)21-14-17(28)15-22(29)23(21)35/h5-11,13-15,35H,2-4,12H2,1H3,(H,30,36)(H2,31,32,34,37). The van der Waals surface area contributed by atoms with Gasteiger partial charge in [-0.2, -0.15) is 0 Å². The third-order valence-corrected chi connectivity index (χ3v) is 6.79. The fourth-order valence-electron chi connectivity index (χ4n) is 3.49. The van der Waals surface area contributed by atoms with Crippen LogP contribution in [-0.2, 0) is 0 Å². The van der Waals surface area contributed by atoms with E-state index in [-0.39, 0.29) is 21.8 Å². The lowest BCUT2D eigenvalue weighted by atomic mass is 10.2. The Morgan fingerprint density at radius 1 is 0.949 bits per heavy atom. The molecule has 0 radical (unpaired) electrons. The zero-order valence-corrected chi connectivity index (χ0v) is 23.2. The number of ether oxygens (including phenoxy) is 1. The lowest BCUT2D eigenvalue weighted by Gasteiger charge is -2.10. The van der Waals surface area contributed by atoms with E-state index in [2.05, 4.69) is 33.1 Å². The first kappa shape index (κ1) is 28.2. The molecule has 0 saturated carbocycles. The summed E-state index contributed by atoms with van der Waals surface area (Å²) in [5.41, 5.74) is 1.68. The van der Waals surface area contributed by atoms with Gasteiger partial charge >= 0.3 is 6.03 Å². The maximum absolute atomic E-state index is 12.8. The molecule has 3 amide bonds. The minimum atomic E-state index is -0.585. The Morgan fingerprint density at radius 3 is 2.51 bits per heavy atom. The lowest BCUT2D eigenvalue weighted by molar-refractivity contribution is 0.102. The number of phenols is 1. The number of hydrogen-bond donors (Lipinski definition) is 4. The van der Waals surface area contributed by atoms with E-state index in [1.54, 1.807) is 36.4 Å². The first-order chi connectivity index (χ1) is 18.8. The molecule has 1 aromatic heterocycles. The van der Waals surface area contributed by atoms with Crippen LogP contribution < -0.4 is 20.7 Å². The van der Waals surface area contributed by atoms with E-state index in [1.807, 2.05) is 12.1 Å². The van der Waals surface area contributed by atoms with E-state index in [4.69, 9.17) is 27.9 Å². The number of anilines is 3. The first-order valence-electron chi connectivity index (χ1n) is 12.1. The maximum Gasteiger partial charge on any atom is 0.325 e. The topological polar surface area (TPSA) is 125 Å². The number of carbonyl (C=O) groups is 2. The Labute approximate surface area is 239 Å². The van der Waals surface area contributed by atoms with Gasteiger partial charge in [0.2, 0.25) is 5.13 Å². The number of halogens is 2. The third-order valence-electron chi connectivity index (χ3n) is 5.42. The van der Waals surface area contributed by atoms with Crippen LogP contribution in [-0.4, -0.2) is 33.8 Å². The molecular weight excluding hydrogens is 561 g/mol. The van der Waals surface area contributed by atoms with Crippen molar-refractivity contribution in [3.63, 3.8) is 0 Å². The number of benzene rings is 3. The third kappa shape index (κ3) is 7.82. The summed E-state index contributed by atoms with van der Waals surface area (Å²) in [7, 11) is 0. The lowest BCUT2D eigenvalue weighted by Crippen LogP contribution is -2.20. The second-order valence-electron chi connectivity index (χ2n) is 8.39. The highest BCUT2D eigenvalue weighted by Crippen LogP contribution is 2.39. The Balaban J connectivity index is 1.33. The molecule has 4 N–H and O–H groups in total. The van der Waals surface area contributed by atoms with E-state index in [0.717, 1.165) is 36.3 Å². The molecule has 1 heterocycles. The minimum absolute atomic E-state index is 0.0766. The van der Waals surface area contributed by atoms with E-state index in [9.17, 15) is 14.7 Å². The van der Waals surface area contributed by atoms with Crippen molar-refractivity contribution in [3.8, 4) is 22.1 Å². The number of aromatic hydroxyl groups is 1. The van der Waals surface area contributed by atoms with Crippen molar-refractivity contribution in [1.29, 1.82) is 0 Å². The summed E-state index contributed by atoms with van der Waals surface area (Å²) >= 11 is 13.0. The van der Waals surface area contributed by atoms with Crippen molar-refractivity contribution >= 4 is 63.0 Å². The van der Waals surface area contributed by atoms with E-state index in [0.29, 0.717) is 39.1 Å². The summed E-state index contributed by atoms with van der Waals surface area (Å²) in [6.45, 7) is 2.80. The number of phenolic OH excluding ortho intramolecular Hbond substituents is 1. The Hall–Kier alpha value is -3.86. The smallest absolute Gasteiger partial charge is 0.325 e. The highest BCUT2D eigenvalue weighted by Gasteiger charge is 2.16. The molecule has 0 fully saturated rings. The number of urea groups is 1. The number of hydrogen-bond acceptors (Lipinski definition) is 7. The van der Waals surface area contributed by atoms with Gasteiger partial charge in [-0.25, -0.2) is 4.79 Å². The van der Waals surface area contributed by atoms with E-state index in [1.165, 1.54) is 12.1 Å². The molecule has 0 aliphatic heterocycles. The summed E-state index contributed by atoms with van der Waals surface area (Å²) in [5, 5.41) is 27.1. The zero-order valence-electron chi connectivity index (χ0n) is 20.8. The highest BCUT2D eigenvalue weighted by molar-refractivity contribution is 7.18. The van der Waals surface area contributed by atoms with Gasteiger partial charge in [-0.1, -0.05) is 60.4 Å². The number of nitrogens with one attached hydrogen (secondary N) is 3. The van der Waals surface area contributed by atoms with Crippen LogP contribution in [0, 0.1) is 0 Å². The van der Waals surface area contributed by atoms with Crippen LogP contribution in [0.4, 0.5) is 21.3 Å². The van der Waals surface area contributed by atoms with Crippen LogP contribution in [0.5, 0.6) is 11.5 Å². The molecule has 0 unspecified atom stereocenters. The Bertz CT molecular complexity index is 1460. The fourth-order valence-corrected chi connectivity index (χ4v) is 4.74. The van der Waals surface area contributed by atoms with Crippen molar-refractivity contribution in [3.05, 3.63) is 76.3 Å². The molecule has 0 atom stereocenters. The van der Waals surface area contributed by atoms with Gasteiger partial charge in [-0.05, 0) is 61.0 Å². The Kier molecular flexibility index (Phi) is 9.59. The predicted molar refractivity (Wildman–Crippen MR) is 156 cm³/mol. The number of nitrogens with zero attached hydrogens (tertiary/aromatic N) is 2. The summed E-state index contributed by atoms with van der Waals surface area (Å²) in [6.07, 6.45) is 3.26. The van der Waals surface area contributed by atoms with Crippen LogP contribution in [0.15, 0.2) is 60.7 Å². The molecule has 0 bridgehead atoms. The van der Waals surface area contributed by atoms with Gasteiger partial charge in [0.05, 0.1) is 17.2 Å². The zero-order chi connectivity index (χ0) is 27.8. The molecule has 39 heavy (non-hydrogen) atoms. The number of amides is 3. The number of carbonyl (C=O) groups excluding carboxylic acids is 2. The highest BCUT2D eigenvalue weighted by atomic mass is 35.5. The first-order valence-corrected chi connectivity index (χ1v) is 13.6. The van der Waals surface area contributed by atoms with Gasteiger partial charge in [0.1, 0.15) is 11.5 Å². The average Bonchev–Trinajstić information content (AvgIpc) is 3.37. The minimum Gasteiger partial charge on any atom is -0.506 e. The molecule has 4 rings (SSSR count). The van der Waals surface area contributed by atoms with Crippen molar-refractivity contribution < 1.29 is 19.4 Å². The molecule has 202 valence electrons. The van der Waals surface area contributed by atoms with Gasteiger partial charge in [-0.15, -0.1) is 10.2 Å². The van der Waals surface area contributed by atoms with Crippen molar-refractivity contribution in [2.45, 2.75) is 26.2 Å². The van der Waals surface area contributed by atoms with Crippen LogP contribution in [0.3, 0.4) is 0 Å². The number of rotatable bonds is 10. The second kappa shape index (κ2) is 13.3. The van der Waals surface area contributed by atoms with Crippen molar-refractivity contribution in [2.24, 2.45) is 0 Å². The van der Waals surface area contributed by atoms with E-state index < -0.39 is 6.03 Å². The van der Waals surface area contributed by atoms with Gasteiger partial charge in [-0.3, -0.25) is 10.1 Å². The van der Waals surface area contributed by atoms with Crippen LogP contribution in [0.2, 0.25) is 10.0 Å². The Morgan fingerprint density at radius 2 is 1.74 bits per heavy atom. The normalized spacial score (nSPS) is 10.6. The molecule has 9 nitrogen and oxygen atoms in total. The summed E-state index contributed by atoms with van der Waals surface area (Å²) in [4.78, 5) is 25.3. The largest absolute Gasteiger partial charge is 0.506 e. The second-order valence-corrected chi connectivity index (χ2v) is 10.2. The molecule has 0 aliphatic rings. The molecule has 3 aromatic carbocycles. The molecular formula is C27H25Cl2N5O4S. The van der Waals surface area contributed by atoms with E-state index >= 15 is 0 Å². The summed E-state index contributed by atoms with van der Waals surface area (Å²) < 4.78 is 5.70. The maximum atomic E-state index is 12.8. The van der Waals surface area contributed by atoms with Gasteiger partial charge in [0.25, 0.3) is 5.91 Å². The quantitative estimate of drug-likeness (QED) is 0.141. The van der Waals surface area contributed by atoms with Crippen LogP contribution in [0.25, 0.3) is 10.6 Å². The number of aromatic nitrogens is 2. The molecule has 0 saturated heterocycles. The van der Waals surface area contributed by atoms with Crippen molar-refractivity contribution in [1.82, 2.24) is 10.2 Å². The summed E-state index contributed by atoms with van der Waals surface area (Å²) in [5.74, 6) is 0.233. The monoisotopic (exact) mass is 585 g/mol. The average molecular weight is 587 g/mol. The summed E-state index contributed by atoms with van der Waals surface area (Å²) in [6, 6.07) is 16.0. The number of unbranched alkanes of at least 4 members (excludes halogenated alkanes) is 2.